The number of aromatic nitrogens is 1. The molecule has 5 N–H and O–H groups in total. The fraction of sp³-hybridized carbons (Fsp3) is 0.261. The highest BCUT2D eigenvalue weighted by atomic mass is 16.5. The Morgan fingerprint density at radius 1 is 1.14 bits per heavy atom. The first-order chi connectivity index (χ1) is 14.2. The first-order valence-electron chi connectivity index (χ1n) is 10.0. The number of aromatic amines is 1. The molecule has 6 nitrogen and oxygen atoms in total. The number of anilines is 1. The number of benzene rings is 2. The van der Waals surface area contributed by atoms with Crippen LogP contribution < -0.4 is 16.1 Å². The van der Waals surface area contributed by atoms with Gasteiger partial charge in [-0.15, -0.1) is 0 Å². The van der Waals surface area contributed by atoms with E-state index in [2.05, 4.69) is 33.8 Å². The lowest BCUT2D eigenvalue weighted by atomic mass is 10.0. The number of carbonyl (C=O) groups excluding carboxylic acids is 1. The molecule has 0 saturated heterocycles. The Kier molecular flexibility index (Phi) is 5.93. The standard InChI is InChI=1S/C23H26N4O2/c28-22(27-29)10-8-16-3-5-18(6-4-16)15-24-13-11-17-7-9-21-20(14-17)19-2-1-12-25-23(19)26-21/h3-10,14,24-26,29H,1-2,11-13,15H2,(H,27,28)/b10-8+. The molecule has 0 fully saturated rings. The highest BCUT2D eigenvalue weighted by Crippen LogP contribution is 2.30. The number of fused-ring (bicyclic) bond motifs is 3. The number of hydrogen-bond acceptors (Lipinski definition) is 4. The Morgan fingerprint density at radius 3 is 2.79 bits per heavy atom. The van der Waals surface area contributed by atoms with Gasteiger partial charge in [-0.2, -0.15) is 0 Å². The Labute approximate surface area is 170 Å². The van der Waals surface area contributed by atoms with E-state index in [-0.39, 0.29) is 0 Å². The van der Waals surface area contributed by atoms with Crippen molar-refractivity contribution in [2.75, 3.05) is 18.4 Å². The molecular formula is C23H26N4O2. The molecule has 1 aliphatic rings. The maximum absolute atomic E-state index is 11.0. The lowest BCUT2D eigenvalue weighted by Crippen LogP contribution is -2.16. The number of nitrogens with one attached hydrogen (secondary N) is 4. The van der Waals surface area contributed by atoms with Crippen LogP contribution in [0.4, 0.5) is 5.82 Å². The Balaban J connectivity index is 1.29. The van der Waals surface area contributed by atoms with E-state index in [9.17, 15) is 4.79 Å². The molecule has 0 unspecified atom stereocenters. The summed E-state index contributed by atoms with van der Waals surface area (Å²) in [6.45, 7) is 2.76. The van der Waals surface area contributed by atoms with Crippen LogP contribution in [0.3, 0.4) is 0 Å². The number of hydrogen-bond donors (Lipinski definition) is 5. The van der Waals surface area contributed by atoms with Gasteiger partial charge in [0.05, 0.1) is 0 Å². The molecule has 1 aromatic heterocycles. The van der Waals surface area contributed by atoms with Crippen molar-refractivity contribution >= 4 is 28.7 Å². The summed E-state index contributed by atoms with van der Waals surface area (Å²) in [5.41, 5.74) is 7.66. The maximum Gasteiger partial charge on any atom is 0.267 e. The average molecular weight is 390 g/mol. The third kappa shape index (κ3) is 4.67. The highest BCUT2D eigenvalue weighted by molar-refractivity contribution is 5.91. The molecule has 0 spiro atoms. The fourth-order valence-electron chi connectivity index (χ4n) is 3.76. The Bertz CT molecular complexity index is 1020. The van der Waals surface area contributed by atoms with Gasteiger partial charge in [0.15, 0.2) is 0 Å². The zero-order chi connectivity index (χ0) is 20.1. The molecule has 0 radical (unpaired) electrons. The quantitative estimate of drug-likeness (QED) is 0.185. The Morgan fingerprint density at radius 2 is 1.97 bits per heavy atom. The molecule has 3 aromatic rings. The van der Waals surface area contributed by atoms with E-state index < -0.39 is 5.91 Å². The van der Waals surface area contributed by atoms with E-state index in [1.807, 2.05) is 24.3 Å². The van der Waals surface area contributed by atoms with Crippen LogP contribution in [0, 0.1) is 0 Å². The van der Waals surface area contributed by atoms with Gasteiger partial charge in [-0.25, -0.2) is 5.48 Å². The molecule has 2 heterocycles. The average Bonchev–Trinajstić information content (AvgIpc) is 3.14. The molecule has 6 heteroatoms. The van der Waals surface area contributed by atoms with Crippen LogP contribution in [-0.2, 0) is 24.2 Å². The van der Waals surface area contributed by atoms with Crippen molar-refractivity contribution < 1.29 is 10.0 Å². The van der Waals surface area contributed by atoms with Gasteiger partial charge in [0.1, 0.15) is 5.82 Å². The lowest BCUT2D eigenvalue weighted by molar-refractivity contribution is -0.124. The lowest BCUT2D eigenvalue weighted by Gasteiger charge is -2.13. The monoisotopic (exact) mass is 390 g/mol. The van der Waals surface area contributed by atoms with Crippen LogP contribution in [0.2, 0.25) is 0 Å². The van der Waals surface area contributed by atoms with E-state index in [0.717, 1.165) is 38.0 Å². The predicted molar refractivity (Wildman–Crippen MR) is 116 cm³/mol. The number of hydroxylamine groups is 1. The van der Waals surface area contributed by atoms with E-state index >= 15 is 0 Å². The van der Waals surface area contributed by atoms with Gasteiger partial charge >= 0.3 is 0 Å². The molecule has 29 heavy (non-hydrogen) atoms. The first kappa shape index (κ1) is 19.2. The largest absolute Gasteiger partial charge is 0.371 e. The molecule has 0 atom stereocenters. The third-order valence-corrected chi connectivity index (χ3v) is 5.31. The molecule has 0 aliphatic carbocycles. The fourth-order valence-corrected chi connectivity index (χ4v) is 3.76. The van der Waals surface area contributed by atoms with Crippen molar-refractivity contribution in [3.05, 3.63) is 70.8 Å². The minimum Gasteiger partial charge on any atom is -0.371 e. The van der Waals surface area contributed by atoms with Crippen molar-refractivity contribution in [1.82, 2.24) is 15.8 Å². The molecule has 1 amide bonds. The molecule has 1 aliphatic heterocycles. The number of rotatable bonds is 7. The van der Waals surface area contributed by atoms with Gasteiger partial charge in [-0.3, -0.25) is 10.0 Å². The maximum atomic E-state index is 11.0. The van der Waals surface area contributed by atoms with Crippen molar-refractivity contribution in [3.63, 3.8) is 0 Å². The molecule has 150 valence electrons. The van der Waals surface area contributed by atoms with Crippen LogP contribution in [0.25, 0.3) is 17.0 Å². The van der Waals surface area contributed by atoms with E-state index in [0.29, 0.717) is 0 Å². The number of aryl methyl sites for hydroxylation is 1. The van der Waals surface area contributed by atoms with Crippen molar-refractivity contribution in [2.45, 2.75) is 25.8 Å². The van der Waals surface area contributed by atoms with Crippen LogP contribution in [0.1, 0.15) is 28.7 Å². The van der Waals surface area contributed by atoms with Gasteiger partial charge in [0.25, 0.3) is 5.91 Å². The summed E-state index contributed by atoms with van der Waals surface area (Å²) >= 11 is 0. The van der Waals surface area contributed by atoms with Crippen LogP contribution in [0.15, 0.2) is 48.5 Å². The third-order valence-electron chi connectivity index (χ3n) is 5.31. The summed E-state index contributed by atoms with van der Waals surface area (Å²) in [6.07, 6.45) is 6.27. The normalized spacial score (nSPS) is 13.4. The first-order valence-corrected chi connectivity index (χ1v) is 10.0. The molecule has 0 bridgehead atoms. The second-order valence-electron chi connectivity index (χ2n) is 7.37. The molecule has 2 aromatic carbocycles. The summed E-state index contributed by atoms with van der Waals surface area (Å²) in [4.78, 5) is 14.5. The van der Waals surface area contributed by atoms with Crippen LogP contribution in [-0.4, -0.2) is 29.2 Å². The topological polar surface area (TPSA) is 89.2 Å². The van der Waals surface area contributed by atoms with E-state index in [1.165, 1.54) is 45.9 Å². The SMILES string of the molecule is O=C(/C=C/c1ccc(CNCCc2ccc3[nH]c4c(c3c2)CCCN4)cc1)NO. The minimum atomic E-state index is -0.537. The summed E-state index contributed by atoms with van der Waals surface area (Å²) in [6, 6.07) is 14.7. The second-order valence-corrected chi connectivity index (χ2v) is 7.37. The zero-order valence-electron chi connectivity index (χ0n) is 16.3. The van der Waals surface area contributed by atoms with Gasteiger partial charge in [0.2, 0.25) is 0 Å². The van der Waals surface area contributed by atoms with Crippen LogP contribution >= 0.6 is 0 Å². The number of H-pyrrole nitrogens is 1. The van der Waals surface area contributed by atoms with Gasteiger partial charge < -0.3 is 15.6 Å². The summed E-state index contributed by atoms with van der Waals surface area (Å²) in [5, 5.41) is 16.8. The molecular weight excluding hydrogens is 364 g/mol. The van der Waals surface area contributed by atoms with Crippen molar-refractivity contribution in [3.8, 4) is 0 Å². The minimum absolute atomic E-state index is 0.537. The smallest absolute Gasteiger partial charge is 0.267 e. The van der Waals surface area contributed by atoms with Crippen molar-refractivity contribution in [2.24, 2.45) is 0 Å². The number of amides is 1. The second kappa shape index (κ2) is 8.94. The Hall–Kier alpha value is -3.09. The molecule has 4 rings (SSSR count). The van der Waals surface area contributed by atoms with Gasteiger partial charge in [0, 0.05) is 35.6 Å². The molecule has 0 saturated carbocycles. The summed E-state index contributed by atoms with van der Waals surface area (Å²) < 4.78 is 0. The zero-order valence-corrected chi connectivity index (χ0v) is 16.3. The predicted octanol–water partition coefficient (Wildman–Crippen LogP) is 3.38. The van der Waals surface area contributed by atoms with E-state index in [1.54, 1.807) is 11.6 Å². The van der Waals surface area contributed by atoms with Crippen LogP contribution in [0.5, 0.6) is 0 Å². The van der Waals surface area contributed by atoms with Crippen molar-refractivity contribution in [1.29, 1.82) is 0 Å². The highest BCUT2D eigenvalue weighted by Gasteiger charge is 2.14. The van der Waals surface area contributed by atoms with Gasteiger partial charge in [-0.1, -0.05) is 30.3 Å². The number of carbonyl (C=O) groups is 1. The summed E-state index contributed by atoms with van der Waals surface area (Å²) in [7, 11) is 0. The van der Waals surface area contributed by atoms with E-state index in [4.69, 9.17) is 5.21 Å². The van der Waals surface area contributed by atoms with Gasteiger partial charge in [-0.05, 0) is 60.7 Å². The summed E-state index contributed by atoms with van der Waals surface area (Å²) in [5.74, 6) is 0.655.